The Kier molecular flexibility index (Phi) is 7.48. The molecular weight excluding hydrogens is 410 g/mol. The summed E-state index contributed by atoms with van der Waals surface area (Å²) in [6.45, 7) is 6.38. The number of nitrogens with zero attached hydrogens (tertiary/aromatic N) is 3. The fourth-order valence-corrected chi connectivity index (χ4v) is 5.80. The number of amides is 2. The minimum atomic E-state index is 0.172. The highest BCUT2D eigenvalue weighted by molar-refractivity contribution is 7.10. The second-order valence-corrected chi connectivity index (χ2v) is 9.84. The number of aliphatic imine (C=N–C) groups is 1. The molecule has 0 bridgehead atoms. The van der Waals surface area contributed by atoms with Crippen molar-refractivity contribution in [2.45, 2.75) is 64.5 Å². The van der Waals surface area contributed by atoms with Crippen LogP contribution >= 0.6 is 11.3 Å². The van der Waals surface area contributed by atoms with Gasteiger partial charge in [-0.2, -0.15) is 0 Å². The number of carbonyl (C=O) groups excluding carboxylic acids is 2. The Morgan fingerprint density at radius 3 is 2.84 bits per heavy atom. The van der Waals surface area contributed by atoms with Gasteiger partial charge in [0.15, 0.2) is 5.96 Å². The Morgan fingerprint density at radius 2 is 2.03 bits per heavy atom. The van der Waals surface area contributed by atoms with E-state index in [1.54, 1.807) is 11.3 Å². The van der Waals surface area contributed by atoms with Crippen molar-refractivity contribution in [3.63, 3.8) is 0 Å². The summed E-state index contributed by atoms with van der Waals surface area (Å²) in [5.41, 5.74) is 1.29. The van der Waals surface area contributed by atoms with Crippen LogP contribution in [0.3, 0.4) is 0 Å². The number of likely N-dealkylation sites (tertiary alicyclic amines) is 1. The van der Waals surface area contributed by atoms with Crippen molar-refractivity contribution in [1.29, 1.82) is 0 Å². The number of hydrogen-bond donors (Lipinski definition) is 2. The molecule has 1 aromatic rings. The average Bonchev–Trinajstić information content (AvgIpc) is 3.54. The minimum absolute atomic E-state index is 0.172. The van der Waals surface area contributed by atoms with Crippen LogP contribution in [0.4, 0.5) is 0 Å². The molecule has 0 spiro atoms. The first-order valence-electron chi connectivity index (χ1n) is 11.8. The van der Waals surface area contributed by atoms with E-state index in [1.165, 1.54) is 23.3 Å². The fourth-order valence-electron chi connectivity index (χ4n) is 4.91. The highest BCUT2D eigenvalue weighted by Crippen LogP contribution is 2.28. The van der Waals surface area contributed by atoms with Crippen molar-refractivity contribution in [3.05, 3.63) is 21.9 Å². The van der Waals surface area contributed by atoms with Gasteiger partial charge in [0.1, 0.15) is 0 Å². The Hall–Kier alpha value is -2.09. The van der Waals surface area contributed by atoms with Crippen molar-refractivity contribution >= 4 is 29.1 Å². The van der Waals surface area contributed by atoms with E-state index in [0.717, 1.165) is 64.4 Å². The summed E-state index contributed by atoms with van der Waals surface area (Å²) >= 11 is 1.79. The number of guanidine groups is 1. The predicted molar refractivity (Wildman–Crippen MR) is 124 cm³/mol. The van der Waals surface area contributed by atoms with E-state index in [9.17, 15) is 9.59 Å². The van der Waals surface area contributed by atoms with E-state index >= 15 is 0 Å². The standard InChI is InChI=1S/C23H35N5O2S/c1-2-24-23(26-19-8-12-28(16-19)22(30)17-5-3-4-6-17)25-11-7-21(29)27-13-9-20-18(15-27)10-14-31-20/h10,14,17,19H,2-9,11-13,15-16H2,1H3,(H2,24,25,26). The second-order valence-electron chi connectivity index (χ2n) is 8.84. The van der Waals surface area contributed by atoms with Gasteiger partial charge in [0.25, 0.3) is 0 Å². The first-order valence-corrected chi connectivity index (χ1v) is 12.7. The summed E-state index contributed by atoms with van der Waals surface area (Å²) in [5, 5.41) is 8.87. The number of rotatable bonds is 6. The van der Waals surface area contributed by atoms with Gasteiger partial charge >= 0.3 is 0 Å². The van der Waals surface area contributed by atoms with Crippen molar-refractivity contribution in [2.75, 3.05) is 32.7 Å². The molecule has 2 amide bonds. The molecule has 3 aliphatic rings. The molecular formula is C23H35N5O2S. The van der Waals surface area contributed by atoms with Crippen molar-refractivity contribution in [3.8, 4) is 0 Å². The highest BCUT2D eigenvalue weighted by Gasteiger charge is 2.32. The van der Waals surface area contributed by atoms with Gasteiger partial charge in [-0.1, -0.05) is 12.8 Å². The SMILES string of the molecule is CCNC(=NCCC(=O)N1CCc2sccc2C1)NC1CCN(C(=O)C2CCCC2)C1. The Bertz CT molecular complexity index is 802. The highest BCUT2D eigenvalue weighted by atomic mass is 32.1. The maximum atomic E-state index is 12.7. The van der Waals surface area contributed by atoms with E-state index in [4.69, 9.17) is 0 Å². The normalized spacial score (nSPS) is 22.0. The number of hydrogen-bond acceptors (Lipinski definition) is 4. The van der Waals surface area contributed by atoms with E-state index < -0.39 is 0 Å². The van der Waals surface area contributed by atoms with Gasteiger partial charge < -0.3 is 20.4 Å². The fraction of sp³-hybridized carbons (Fsp3) is 0.696. The summed E-state index contributed by atoms with van der Waals surface area (Å²) in [7, 11) is 0. The zero-order valence-electron chi connectivity index (χ0n) is 18.6. The summed E-state index contributed by atoms with van der Waals surface area (Å²) in [6.07, 6.45) is 6.81. The summed E-state index contributed by atoms with van der Waals surface area (Å²) in [4.78, 5) is 35.3. The number of nitrogens with one attached hydrogen (secondary N) is 2. The maximum Gasteiger partial charge on any atom is 0.225 e. The van der Waals surface area contributed by atoms with Crippen LogP contribution in [0.1, 0.15) is 55.9 Å². The van der Waals surface area contributed by atoms with Crippen molar-refractivity contribution in [2.24, 2.45) is 10.9 Å². The van der Waals surface area contributed by atoms with Crippen LogP contribution < -0.4 is 10.6 Å². The lowest BCUT2D eigenvalue weighted by molar-refractivity contribution is -0.134. The Labute approximate surface area is 189 Å². The molecule has 170 valence electrons. The van der Waals surface area contributed by atoms with Gasteiger partial charge in [0.05, 0.1) is 6.54 Å². The molecule has 2 fully saturated rings. The maximum absolute atomic E-state index is 12.7. The molecule has 8 heteroatoms. The molecule has 0 radical (unpaired) electrons. The smallest absolute Gasteiger partial charge is 0.225 e. The molecule has 31 heavy (non-hydrogen) atoms. The molecule has 4 rings (SSSR count). The zero-order chi connectivity index (χ0) is 21.6. The van der Waals surface area contributed by atoms with Crippen LogP contribution in [0, 0.1) is 5.92 Å². The third kappa shape index (κ3) is 5.59. The quantitative estimate of drug-likeness (QED) is 0.521. The third-order valence-electron chi connectivity index (χ3n) is 6.65. The Morgan fingerprint density at radius 1 is 1.19 bits per heavy atom. The van der Waals surface area contributed by atoms with Gasteiger partial charge in [0.2, 0.25) is 11.8 Å². The largest absolute Gasteiger partial charge is 0.357 e. The molecule has 1 saturated heterocycles. The lowest BCUT2D eigenvalue weighted by Gasteiger charge is -2.27. The minimum Gasteiger partial charge on any atom is -0.357 e. The first kappa shape index (κ1) is 22.1. The van der Waals surface area contributed by atoms with Crippen LogP contribution in [0.2, 0.25) is 0 Å². The van der Waals surface area contributed by atoms with E-state index in [1.807, 2.05) is 16.7 Å². The second kappa shape index (κ2) is 10.5. The van der Waals surface area contributed by atoms with Crippen LogP contribution in [0.15, 0.2) is 16.4 Å². The molecule has 2 N–H and O–H groups in total. The van der Waals surface area contributed by atoms with E-state index in [-0.39, 0.29) is 17.9 Å². The first-order chi connectivity index (χ1) is 15.1. The lowest BCUT2D eigenvalue weighted by Crippen LogP contribution is -2.45. The average molecular weight is 446 g/mol. The van der Waals surface area contributed by atoms with E-state index in [2.05, 4.69) is 27.1 Å². The predicted octanol–water partition coefficient (Wildman–Crippen LogP) is 2.37. The molecule has 1 aliphatic carbocycles. The molecule has 0 aromatic carbocycles. The summed E-state index contributed by atoms with van der Waals surface area (Å²) in [6, 6.07) is 2.35. The summed E-state index contributed by atoms with van der Waals surface area (Å²) in [5.74, 6) is 1.50. The molecule has 1 saturated carbocycles. The van der Waals surface area contributed by atoms with Gasteiger partial charge in [-0.15, -0.1) is 11.3 Å². The number of carbonyl (C=O) groups is 2. The van der Waals surface area contributed by atoms with Gasteiger partial charge in [-0.05, 0) is 49.6 Å². The van der Waals surface area contributed by atoms with Crippen LogP contribution in [-0.4, -0.2) is 66.3 Å². The number of fused-ring (bicyclic) bond motifs is 1. The van der Waals surface area contributed by atoms with Crippen molar-refractivity contribution < 1.29 is 9.59 Å². The topological polar surface area (TPSA) is 77.0 Å². The van der Waals surface area contributed by atoms with Gasteiger partial charge in [0, 0.05) is 56.0 Å². The molecule has 2 aliphatic heterocycles. The number of thiophene rings is 1. The van der Waals surface area contributed by atoms with Gasteiger partial charge in [-0.25, -0.2) is 0 Å². The van der Waals surface area contributed by atoms with E-state index in [0.29, 0.717) is 18.9 Å². The van der Waals surface area contributed by atoms with Gasteiger partial charge in [-0.3, -0.25) is 14.6 Å². The van der Waals surface area contributed by atoms with Crippen LogP contribution in [0.25, 0.3) is 0 Å². The van der Waals surface area contributed by atoms with Crippen LogP contribution in [0.5, 0.6) is 0 Å². The van der Waals surface area contributed by atoms with Crippen molar-refractivity contribution in [1.82, 2.24) is 20.4 Å². The molecule has 7 nitrogen and oxygen atoms in total. The molecule has 1 aromatic heterocycles. The lowest BCUT2D eigenvalue weighted by atomic mass is 10.1. The molecule has 1 unspecified atom stereocenters. The molecule has 3 heterocycles. The zero-order valence-corrected chi connectivity index (χ0v) is 19.4. The summed E-state index contributed by atoms with van der Waals surface area (Å²) < 4.78 is 0. The third-order valence-corrected chi connectivity index (χ3v) is 7.67. The molecule has 1 atom stereocenters. The van der Waals surface area contributed by atoms with Crippen LogP contribution in [-0.2, 0) is 22.6 Å². The Balaban J connectivity index is 1.24. The monoisotopic (exact) mass is 445 g/mol.